The van der Waals surface area contributed by atoms with Gasteiger partial charge in [0.05, 0.1) is 4.47 Å². The molecule has 3 aliphatic rings. The van der Waals surface area contributed by atoms with Gasteiger partial charge in [-0.2, -0.15) is 0 Å². The van der Waals surface area contributed by atoms with E-state index in [0.29, 0.717) is 45.5 Å². The monoisotopic (exact) mass is 696 g/mol. The first-order valence-corrected chi connectivity index (χ1v) is 16.2. The van der Waals surface area contributed by atoms with E-state index in [9.17, 15) is 14.4 Å². The van der Waals surface area contributed by atoms with Crippen molar-refractivity contribution in [2.45, 2.75) is 72.6 Å². The van der Waals surface area contributed by atoms with Crippen LogP contribution in [-0.4, -0.2) is 35.5 Å². The zero-order valence-electron chi connectivity index (χ0n) is 24.9. The van der Waals surface area contributed by atoms with E-state index >= 15 is 0 Å². The Labute approximate surface area is 265 Å². The molecular weight excluding hydrogens is 660 g/mol. The smallest absolute Gasteiger partial charge is 0.262 e. The Morgan fingerprint density at radius 3 is 2.05 bits per heavy atom. The van der Waals surface area contributed by atoms with Gasteiger partial charge in [-0.15, -0.1) is 0 Å². The van der Waals surface area contributed by atoms with Crippen LogP contribution in [-0.2, 0) is 14.4 Å². The first kappa shape index (κ1) is 30.7. The van der Waals surface area contributed by atoms with E-state index in [0.717, 1.165) is 41.7 Å². The average Bonchev–Trinajstić information content (AvgIpc) is 2.88. The maximum atomic E-state index is 14.1. The van der Waals surface area contributed by atoms with Gasteiger partial charge in [0, 0.05) is 63.6 Å². The average molecular weight is 698 g/mol. The zero-order chi connectivity index (χ0) is 30.4. The molecule has 5 rings (SSSR count). The number of carbonyl (C=O) groups is 3. The van der Waals surface area contributed by atoms with Gasteiger partial charge in [0.25, 0.3) is 5.91 Å². The van der Waals surface area contributed by atoms with E-state index in [1.807, 2.05) is 42.5 Å². The Morgan fingerprint density at radius 1 is 0.929 bits per heavy atom. The molecule has 0 atom stereocenters. The summed E-state index contributed by atoms with van der Waals surface area (Å²) in [6, 6.07) is 13.0. The fourth-order valence-electron chi connectivity index (χ4n) is 6.66. The van der Waals surface area contributed by atoms with Crippen LogP contribution in [0.3, 0.4) is 0 Å². The number of nitrogens with one attached hydrogen (secondary N) is 1. The maximum Gasteiger partial charge on any atom is 0.262 e. The predicted octanol–water partition coefficient (Wildman–Crippen LogP) is 8.32. The van der Waals surface area contributed by atoms with Crippen molar-refractivity contribution in [2.24, 2.45) is 10.8 Å². The molecular formula is C34H38Br2N2O4. The normalized spacial score (nSPS) is 19.9. The Hall–Kier alpha value is -2.71. The summed E-state index contributed by atoms with van der Waals surface area (Å²) >= 11 is 7.30. The number of amides is 1. The van der Waals surface area contributed by atoms with Gasteiger partial charge < -0.3 is 15.0 Å². The number of hydrogen-bond acceptors (Lipinski definition) is 5. The molecule has 1 amide bonds. The van der Waals surface area contributed by atoms with Crippen LogP contribution in [0.2, 0.25) is 0 Å². The van der Waals surface area contributed by atoms with Crippen molar-refractivity contribution in [3.05, 3.63) is 79.5 Å². The fraction of sp³-hybridized carbons (Fsp3) is 0.441. The first-order valence-electron chi connectivity index (χ1n) is 14.6. The molecule has 1 N–H and O–H groups in total. The molecule has 0 bridgehead atoms. The van der Waals surface area contributed by atoms with Crippen molar-refractivity contribution in [2.75, 3.05) is 18.5 Å². The number of carbonyl (C=O) groups excluding carboxylic acids is 3. The van der Waals surface area contributed by atoms with Gasteiger partial charge in [-0.25, -0.2) is 0 Å². The quantitative estimate of drug-likeness (QED) is 0.315. The number of benzene rings is 2. The summed E-state index contributed by atoms with van der Waals surface area (Å²) in [4.78, 5) is 43.3. The number of ether oxygens (including phenoxy) is 1. The van der Waals surface area contributed by atoms with Gasteiger partial charge in [-0.3, -0.25) is 14.4 Å². The Balaban J connectivity index is 1.65. The molecule has 0 spiro atoms. The number of Topliss-reactive ketones (excluding diaryl/α,β-unsaturated/α-hetero) is 2. The third kappa shape index (κ3) is 6.16. The topological polar surface area (TPSA) is 75.7 Å². The summed E-state index contributed by atoms with van der Waals surface area (Å²) in [5.41, 5.74) is 4.45. The third-order valence-electron chi connectivity index (χ3n) is 8.22. The van der Waals surface area contributed by atoms with Gasteiger partial charge in [0.2, 0.25) is 0 Å². The summed E-state index contributed by atoms with van der Waals surface area (Å²) in [5.74, 6) is -0.271. The van der Waals surface area contributed by atoms with Gasteiger partial charge in [-0.05, 0) is 70.3 Å². The minimum absolute atomic E-state index is 0.0698. The summed E-state index contributed by atoms with van der Waals surface area (Å²) in [7, 11) is 0. The van der Waals surface area contributed by atoms with Crippen molar-refractivity contribution < 1.29 is 19.1 Å². The molecule has 1 aliphatic heterocycles. The molecule has 42 heavy (non-hydrogen) atoms. The van der Waals surface area contributed by atoms with Crippen LogP contribution >= 0.6 is 31.9 Å². The number of anilines is 1. The molecule has 0 saturated heterocycles. The molecule has 0 fully saturated rings. The largest absolute Gasteiger partial charge is 0.482 e. The highest BCUT2D eigenvalue weighted by Gasteiger charge is 2.49. The second kappa shape index (κ2) is 11.8. The van der Waals surface area contributed by atoms with Crippen LogP contribution in [0.4, 0.5) is 5.69 Å². The van der Waals surface area contributed by atoms with E-state index in [1.165, 1.54) is 0 Å². The van der Waals surface area contributed by atoms with E-state index < -0.39 is 5.92 Å². The third-order valence-corrected chi connectivity index (χ3v) is 9.27. The predicted molar refractivity (Wildman–Crippen MR) is 172 cm³/mol. The molecule has 0 unspecified atom stereocenters. The number of nitrogens with zero attached hydrogens (tertiary/aromatic N) is 1. The van der Waals surface area contributed by atoms with Crippen molar-refractivity contribution in [3.8, 4) is 5.75 Å². The molecule has 1 heterocycles. The summed E-state index contributed by atoms with van der Waals surface area (Å²) in [6.07, 6.45) is 3.22. The minimum Gasteiger partial charge on any atom is -0.482 e. The van der Waals surface area contributed by atoms with E-state index in [2.05, 4.69) is 76.7 Å². The lowest BCUT2D eigenvalue weighted by atomic mass is 9.63. The van der Waals surface area contributed by atoms with Crippen LogP contribution in [0.5, 0.6) is 5.75 Å². The van der Waals surface area contributed by atoms with E-state index in [-0.39, 0.29) is 34.9 Å². The molecule has 2 aliphatic carbocycles. The first-order chi connectivity index (χ1) is 19.8. The molecule has 2 aromatic carbocycles. The number of halogens is 2. The van der Waals surface area contributed by atoms with E-state index in [1.54, 1.807) is 0 Å². The SMILES string of the molecule is CCCN1C2=C(C(=O)CC(C)(C)C2)C(c2cc(Br)cc(Br)c2OCC(=O)Nc2ccccc2)C2=C1CC(C)(C)CC2=O. The maximum absolute atomic E-state index is 14.1. The lowest BCUT2D eigenvalue weighted by Gasteiger charge is -2.49. The van der Waals surface area contributed by atoms with Crippen molar-refractivity contribution in [1.29, 1.82) is 0 Å². The van der Waals surface area contributed by atoms with Crippen LogP contribution in [0.25, 0.3) is 0 Å². The van der Waals surface area contributed by atoms with Gasteiger partial charge in [0.1, 0.15) is 5.75 Å². The van der Waals surface area contributed by atoms with Crippen LogP contribution in [0.15, 0.2) is 74.0 Å². The Morgan fingerprint density at radius 2 is 1.50 bits per heavy atom. The van der Waals surface area contributed by atoms with Crippen molar-refractivity contribution >= 4 is 55.0 Å². The summed E-state index contributed by atoms with van der Waals surface area (Å²) in [6.45, 7) is 11.2. The van der Waals surface area contributed by atoms with E-state index in [4.69, 9.17) is 4.74 Å². The Bertz CT molecular complexity index is 1450. The number of para-hydroxylation sites is 1. The second-order valence-corrected chi connectivity index (χ2v) is 15.0. The molecule has 2 aromatic rings. The highest BCUT2D eigenvalue weighted by molar-refractivity contribution is 9.11. The van der Waals surface area contributed by atoms with Crippen LogP contribution < -0.4 is 10.1 Å². The standard InChI is InChI=1S/C34H38Br2N2O4/c1-6-12-38-24-15-33(2,3)17-26(39)30(24)29(31-25(38)16-34(4,5)18-27(31)40)22-13-20(35)14-23(36)32(22)42-19-28(41)37-21-10-8-7-9-11-21/h7-11,13-14,29H,6,12,15-19H2,1-5H3,(H,37,41). The summed E-state index contributed by atoms with van der Waals surface area (Å²) < 4.78 is 7.67. The molecule has 8 heteroatoms. The fourth-order valence-corrected chi connectivity index (χ4v) is 8.03. The highest BCUT2D eigenvalue weighted by Crippen LogP contribution is 2.56. The molecule has 0 saturated carbocycles. The van der Waals surface area contributed by atoms with Gasteiger partial charge in [-0.1, -0.05) is 68.7 Å². The van der Waals surface area contributed by atoms with Crippen LogP contribution in [0.1, 0.15) is 78.2 Å². The molecule has 0 radical (unpaired) electrons. The lowest BCUT2D eigenvalue weighted by Crippen LogP contribution is -2.44. The lowest BCUT2D eigenvalue weighted by molar-refractivity contribution is -0.120. The molecule has 222 valence electrons. The van der Waals surface area contributed by atoms with Crippen molar-refractivity contribution in [3.63, 3.8) is 0 Å². The number of allylic oxidation sites excluding steroid dienone is 4. The molecule has 0 aromatic heterocycles. The number of hydrogen-bond donors (Lipinski definition) is 1. The molecule has 6 nitrogen and oxygen atoms in total. The zero-order valence-corrected chi connectivity index (χ0v) is 28.1. The minimum atomic E-state index is -0.573. The van der Waals surface area contributed by atoms with Gasteiger partial charge >= 0.3 is 0 Å². The highest BCUT2D eigenvalue weighted by atomic mass is 79.9. The number of rotatable bonds is 7. The van der Waals surface area contributed by atoms with Crippen molar-refractivity contribution in [1.82, 2.24) is 4.90 Å². The Kier molecular flexibility index (Phi) is 8.61. The van der Waals surface area contributed by atoms with Crippen LogP contribution in [0, 0.1) is 10.8 Å². The van der Waals surface area contributed by atoms with Gasteiger partial charge in [0.15, 0.2) is 18.2 Å². The second-order valence-electron chi connectivity index (χ2n) is 13.2. The number of ketones is 2. The summed E-state index contributed by atoms with van der Waals surface area (Å²) in [5, 5.41) is 2.86.